The minimum Gasteiger partial charge on any atom is -0.493 e. The monoisotopic (exact) mass is 284 g/mol. The molecule has 1 N–H and O–H groups in total. The molecule has 0 heterocycles. The zero-order valence-corrected chi connectivity index (χ0v) is 12.1. The lowest BCUT2D eigenvalue weighted by Gasteiger charge is -2.19. The van der Waals surface area contributed by atoms with Gasteiger partial charge in [0.1, 0.15) is 0 Å². The number of benzene rings is 1. The highest BCUT2D eigenvalue weighted by Gasteiger charge is 2.26. The highest BCUT2D eigenvalue weighted by atomic mass is 16.5. The first-order valence-corrected chi connectivity index (χ1v) is 6.32. The fourth-order valence-corrected chi connectivity index (χ4v) is 1.77. The molecule has 0 saturated heterocycles. The summed E-state index contributed by atoms with van der Waals surface area (Å²) in [6, 6.07) is 3.15. The maximum Gasteiger partial charge on any atom is 0.339 e. The smallest absolute Gasteiger partial charge is 0.339 e. The van der Waals surface area contributed by atoms with E-state index in [1.165, 1.54) is 14.2 Å². The minimum absolute atomic E-state index is 0.188. The summed E-state index contributed by atoms with van der Waals surface area (Å²) in [5.74, 6) is 0.321. The van der Waals surface area contributed by atoms with E-state index in [0.29, 0.717) is 18.1 Å². The second-order valence-corrected chi connectivity index (χ2v) is 3.81. The summed E-state index contributed by atoms with van der Waals surface area (Å²) in [5.41, 5.74) is 0.281. The number of carbonyl (C=O) groups excluding carboxylic acids is 1. The van der Waals surface area contributed by atoms with Gasteiger partial charge in [0.05, 0.1) is 27.4 Å². The van der Waals surface area contributed by atoms with Crippen LogP contribution in [0.1, 0.15) is 25.5 Å². The van der Waals surface area contributed by atoms with Crippen LogP contribution in [-0.4, -0.2) is 38.5 Å². The molecule has 0 aliphatic heterocycles. The van der Waals surface area contributed by atoms with Crippen LogP contribution >= 0.6 is 0 Å². The fraction of sp³-hybridized carbons (Fsp3) is 0.500. The van der Waals surface area contributed by atoms with Crippen LogP contribution < -0.4 is 14.2 Å². The van der Waals surface area contributed by atoms with Gasteiger partial charge in [0.15, 0.2) is 17.6 Å². The molecule has 1 aromatic rings. The number of methoxy groups -OCH3 is 2. The van der Waals surface area contributed by atoms with Crippen LogP contribution in [0.15, 0.2) is 12.1 Å². The lowest BCUT2D eigenvalue weighted by Crippen LogP contribution is -2.17. The Morgan fingerprint density at radius 1 is 1.15 bits per heavy atom. The number of esters is 1. The standard InChI is InChI=1S/C14H20O6/c1-5-19-12-9(11(15)14(16)20-6-2)7-8-10(17-3)13(12)18-4/h7-8,11,15H,5-6H2,1-4H3. The molecule has 6 heteroatoms. The van der Waals surface area contributed by atoms with E-state index in [4.69, 9.17) is 18.9 Å². The molecule has 1 rings (SSSR count). The molecule has 20 heavy (non-hydrogen) atoms. The van der Waals surface area contributed by atoms with E-state index < -0.39 is 12.1 Å². The van der Waals surface area contributed by atoms with Crippen molar-refractivity contribution in [3.8, 4) is 17.2 Å². The normalized spacial score (nSPS) is 11.7. The Morgan fingerprint density at radius 3 is 2.35 bits per heavy atom. The van der Waals surface area contributed by atoms with Crippen molar-refractivity contribution in [2.24, 2.45) is 0 Å². The zero-order valence-electron chi connectivity index (χ0n) is 12.1. The third-order valence-electron chi connectivity index (χ3n) is 2.62. The summed E-state index contributed by atoms with van der Waals surface area (Å²) >= 11 is 0. The van der Waals surface area contributed by atoms with Crippen LogP contribution in [-0.2, 0) is 9.53 Å². The van der Waals surface area contributed by atoms with Crippen LogP contribution in [0.4, 0.5) is 0 Å². The van der Waals surface area contributed by atoms with Gasteiger partial charge in [0.25, 0.3) is 0 Å². The van der Waals surface area contributed by atoms with Crippen molar-refractivity contribution in [3.63, 3.8) is 0 Å². The summed E-state index contributed by atoms with van der Waals surface area (Å²) in [5, 5.41) is 10.1. The number of aliphatic hydroxyl groups excluding tert-OH is 1. The zero-order chi connectivity index (χ0) is 15.1. The van der Waals surface area contributed by atoms with E-state index in [2.05, 4.69) is 0 Å². The van der Waals surface area contributed by atoms with Gasteiger partial charge in [0, 0.05) is 5.56 Å². The van der Waals surface area contributed by atoms with Crippen LogP contribution in [0.3, 0.4) is 0 Å². The van der Waals surface area contributed by atoms with Crippen molar-refractivity contribution in [2.75, 3.05) is 27.4 Å². The molecule has 1 atom stereocenters. The average molecular weight is 284 g/mol. The van der Waals surface area contributed by atoms with E-state index in [1.54, 1.807) is 26.0 Å². The number of hydrogen-bond donors (Lipinski definition) is 1. The topological polar surface area (TPSA) is 74.2 Å². The van der Waals surface area contributed by atoms with Crippen molar-refractivity contribution in [1.82, 2.24) is 0 Å². The summed E-state index contributed by atoms with van der Waals surface area (Å²) < 4.78 is 20.7. The summed E-state index contributed by atoms with van der Waals surface area (Å²) in [6.45, 7) is 4.00. The maximum atomic E-state index is 11.7. The van der Waals surface area contributed by atoms with E-state index in [-0.39, 0.29) is 17.9 Å². The molecule has 0 aliphatic carbocycles. The first-order chi connectivity index (χ1) is 9.60. The average Bonchev–Trinajstić information content (AvgIpc) is 2.46. The lowest BCUT2D eigenvalue weighted by atomic mass is 10.1. The Labute approximate surface area is 118 Å². The first kappa shape index (κ1) is 16.1. The molecule has 1 aromatic carbocycles. The quantitative estimate of drug-likeness (QED) is 0.768. The number of aliphatic hydroxyl groups is 1. The Morgan fingerprint density at radius 2 is 1.85 bits per heavy atom. The van der Waals surface area contributed by atoms with Gasteiger partial charge in [-0.15, -0.1) is 0 Å². The van der Waals surface area contributed by atoms with Gasteiger partial charge in [-0.2, -0.15) is 0 Å². The number of hydrogen-bond acceptors (Lipinski definition) is 6. The summed E-state index contributed by atoms with van der Waals surface area (Å²) in [4.78, 5) is 11.7. The Hall–Kier alpha value is -1.95. The molecule has 0 radical (unpaired) electrons. The molecule has 0 saturated carbocycles. The fourth-order valence-electron chi connectivity index (χ4n) is 1.77. The van der Waals surface area contributed by atoms with Gasteiger partial charge in [-0.1, -0.05) is 0 Å². The number of ether oxygens (including phenoxy) is 4. The van der Waals surface area contributed by atoms with Crippen molar-refractivity contribution in [1.29, 1.82) is 0 Å². The van der Waals surface area contributed by atoms with Crippen molar-refractivity contribution >= 4 is 5.97 Å². The number of rotatable bonds is 7. The van der Waals surface area contributed by atoms with Gasteiger partial charge in [-0.05, 0) is 26.0 Å². The third-order valence-corrected chi connectivity index (χ3v) is 2.62. The van der Waals surface area contributed by atoms with Gasteiger partial charge in [0.2, 0.25) is 5.75 Å². The molecule has 1 unspecified atom stereocenters. The van der Waals surface area contributed by atoms with Crippen LogP contribution in [0.2, 0.25) is 0 Å². The molecule has 0 bridgehead atoms. The SMILES string of the molecule is CCOC(=O)C(O)c1ccc(OC)c(OC)c1OCC. The van der Waals surface area contributed by atoms with E-state index >= 15 is 0 Å². The van der Waals surface area contributed by atoms with Crippen LogP contribution in [0, 0.1) is 0 Å². The highest BCUT2D eigenvalue weighted by Crippen LogP contribution is 2.42. The van der Waals surface area contributed by atoms with E-state index in [0.717, 1.165) is 0 Å². The molecule has 0 aliphatic rings. The van der Waals surface area contributed by atoms with Crippen molar-refractivity contribution < 1.29 is 28.8 Å². The van der Waals surface area contributed by atoms with Gasteiger partial charge < -0.3 is 24.1 Å². The van der Waals surface area contributed by atoms with Gasteiger partial charge >= 0.3 is 5.97 Å². The second kappa shape index (κ2) is 7.59. The summed E-state index contributed by atoms with van der Waals surface area (Å²) in [6.07, 6.45) is -1.43. The van der Waals surface area contributed by atoms with Gasteiger partial charge in [-0.25, -0.2) is 4.79 Å². The Kier molecular flexibility index (Phi) is 6.11. The van der Waals surface area contributed by atoms with Crippen molar-refractivity contribution in [3.05, 3.63) is 17.7 Å². The molecule has 0 amide bonds. The predicted octanol–water partition coefficient (Wildman–Crippen LogP) is 1.70. The Balaban J connectivity index is 3.27. The number of carbonyl (C=O) groups is 1. The molecule has 0 fully saturated rings. The van der Waals surface area contributed by atoms with E-state index in [1.807, 2.05) is 0 Å². The lowest BCUT2D eigenvalue weighted by molar-refractivity contribution is -0.153. The van der Waals surface area contributed by atoms with Crippen LogP contribution in [0.25, 0.3) is 0 Å². The van der Waals surface area contributed by atoms with Gasteiger partial charge in [-0.3, -0.25) is 0 Å². The molecule has 0 spiro atoms. The summed E-state index contributed by atoms with van der Waals surface area (Å²) in [7, 11) is 2.95. The van der Waals surface area contributed by atoms with Crippen LogP contribution in [0.5, 0.6) is 17.2 Å². The molecule has 112 valence electrons. The van der Waals surface area contributed by atoms with E-state index in [9.17, 15) is 9.90 Å². The predicted molar refractivity (Wildman–Crippen MR) is 72.3 cm³/mol. The molecular weight excluding hydrogens is 264 g/mol. The first-order valence-electron chi connectivity index (χ1n) is 6.32. The minimum atomic E-state index is -1.43. The highest BCUT2D eigenvalue weighted by molar-refractivity contribution is 5.78. The van der Waals surface area contributed by atoms with Crippen molar-refractivity contribution in [2.45, 2.75) is 20.0 Å². The third kappa shape index (κ3) is 3.33. The second-order valence-electron chi connectivity index (χ2n) is 3.81. The molecule has 0 aromatic heterocycles. The molecule has 6 nitrogen and oxygen atoms in total. The molecular formula is C14H20O6. The Bertz CT molecular complexity index is 457. The largest absolute Gasteiger partial charge is 0.493 e. The maximum absolute atomic E-state index is 11.7.